The third kappa shape index (κ3) is 6.21. The lowest BCUT2D eigenvalue weighted by Gasteiger charge is -1.90. The summed E-state index contributed by atoms with van der Waals surface area (Å²) in [5.41, 5.74) is 1.52. The van der Waals surface area contributed by atoms with Crippen LogP contribution < -0.4 is 0 Å². The Morgan fingerprint density at radius 3 is 2.08 bits per heavy atom. The maximum atomic E-state index is 2.30. The second-order valence-electron chi connectivity index (χ2n) is 3.17. The van der Waals surface area contributed by atoms with Gasteiger partial charge in [0.2, 0.25) is 0 Å². The molecule has 0 aromatic rings. The van der Waals surface area contributed by atoms with Gasteiger partial charge in [-0.3, -0.25) is 0 Å². The first kappa shape index (κ1) is 11.5. The van der Waals surface area contributed by atoms with E-state index in [-0.39, 0.29) is 0 Å². The minimum atomic E-state index is 1.16. The Morgan fingerprint density at radius 2 is 1.75 bits per heavy atom. The molecule has 70 valence electrons. The maximum Gasteiger partial charge on any atom is -0.0160 e. The predicted molar refractivity (Wildman–Crippen MR) is 57.3 cm³/mol. The fourth-order valence-electron chi connectivity index (χ4n) is 0.981. The van der Waals surface area contributed by atoms with E-state index in [2.05, 4.69) is 39.0 Å². The van der Waals surface area contributed by atoms with Gasteiger partial charge in [-0.05, 0) is 12.8 Å². The molecule has 0 unspecified atom stereocenters. The molecule has 0 aromatic heterocycles. The summed E-state index contributed by atoms with van der Waals surface area (Å²) in [7, 11) is 0. The molecule has 0 nitrogen and oxygen atoms in total. The average Bonchev–Trinajstić information content (AvgIpc) is 2.58. The zero-order chi connectivity index (χ0) is 9.23. The molecular weight excluding hydrogens is 144 g/mol. The largest absolute Gasteiger partial charge is 0.0805 e. The fourth-order valence-corrected chi connectivity index (χ4v) is 0.981. The Hall–Kier alpha value is -0.520. The Balaban J connectivity index is 0.000000261. The van der Waals surface area contributed by atoms with E-state index in [4.69, 9.17) is 0 Å². The molecule has 0 saturated carbocycles. The van der Waals surface area contributed by atoms with E-state index in [1.807, 2.05) is 0 Å². The van der Waals surface area contributed by atoms with Crippen LogP contribution in [0.15, 0.2) is 23.8 Å². The smallest absolute Gasteiger partial charge is 0.0160 e. The van der Waals surface area contributed by atoms with Crippen LogP contribution in [-0.4, -0.2) is 0 Å². The van der Waals surface area contributed by atoms with E-state index >= 15 is 0 Å². The van der Waals surface area contributed by atoms with Gasteiger partial charge in [-0.15, -0.1) is 0 Å². The van der Waals surface area contributed by atoms with Crippen LogP contribution in [0.4, 0.5) is 0 Å². The first-order chi connectivity index (χ1) is 5.85. The first-order valence-electron chi connectivity index (χ1n) is 5.20. The molecule has 1 aliphatic carbocycles. The van der Waals surface area contributed by atoms with Crippen LogP contribution in [0, 0.1) is 0 Å². The lowest BCUT2D eigenvalue weighted by molar-refractivity contribution is 0.886. The summed E-state index contributed by atoms with van der Waals surface area (Å²) in [6.07, 6.45) is 13.1. The minimum absolute atomic E-state index is 1.16. The number of hydrogen-bond donors (Lipinski definition) is 0. The van der Waals surface area contributed by atoms with Gasteiger partial charge >= 0.3 is 0 Å². The van der Waals surface area contributed by atoms with Crippen molar-refractivity contribution in [3.63, 3.8) is 0 Å². The van der Waals surface area contributed by atoms with Crippen molar-refractivity contribution in [3.05, 3.63) is 23.8 Å². The van der Waals surface area contributed by atoms with Gasteiger partial charge in [-0.1, -0.05) is 63.8 Å². The topological polar surface area (TPSA) is 0 Å². The molecule has 0 bridgehead atoms. The van der Waals surface area contributed by atoms with E-state index in [1.54, 1.807) is 0 Å². The van der Waals surface area contributed by atoms with Crippen molar-refractivity contribution < 1.29 is 0 Å². The SMILES string of the molecule is CCCC.CCCC1=CCC=C1. The summed E-state index contributed by atoms with van der Waals surface area (Å²) in [4.78, 5) is 0. The van der Waals surface area contributed by atoms with Crippen LogP contribution in [0.3, 0.4) is 0 Å². The molecule has 1 aliphatic rings. The van der Waals surface area contributed by atoms with Crippen molar-refractivity contribution in [2.75, 3.05) is 0 Å². The van der Waals surface area contributed by atoms with Gasteiger partial charge in [0, 0.05) is 0 Å². The van der Waals surface area contributed by atoms with Crippen molar-refractivity contribution in [2.45, 2.75) is 52.9 Å². The minimum Gasteiger partial charge on any atom is -0.0805 e. The van der Waals surface area contributed by atoms with E-state index in [0.717, 1.165) is 6.42 Å². The number of rotatable bonds is 3. The molecule has 0 heteroatoms. The van der Waals surface area contributed by atoms with E-state index in [0.29, 0.717) is 0 Å². The van der Waals surface area contributed by atoms with Crippen LogP contribution in [-0.2, 0) is 0 Å². The molecule has 0 saturated heterocycles. The van der Waals surface area contributed by atoms with Crippen LogP contribution in [0.5, 0.6) is 0 Å². The molecular formula is C12H22. The zero-order valence-electron chi connectivity index (χ0n) is 8.77. The normalized spacial score (nSPS) is 13.8. The molecule has 1 rings (SSSR count). The summed E-state index contributed by atoms with van der Waals surface area (Å²) < 4.78 is 0. The highest BCUT2D eigenvalue weighted by Crippen LogP contribution is 2.13. The van der Waals surface area contributed by atoms with Crippen molar-refractivity contribution in [1.82, 2.24) is 0 Å². The maximum absolute atomic E-state index is 2.30. The number of unbranched alkanes of at least 4 members (excludes halogenated alkanes) is 1. The van der Waals surface area contributed by atoms with Crippen molar-refractivity contribution in [1.29, 1.82) is 0 Å². The second kappa shape index (κ2) is 8.58. The zero-order valence-corrected chi connectivity index (χ0v) is 8.77. The van der Waals surface area contributed by atoms with E-state index in [1.165, 1.54) is 31.3 Å². The lowest BCUT2D eigenvalue weighted by atomic mass is 10.2. The molecule has 0 aromatic carbocycles. The molecule has 12 heavy (non-hydrogen) atoms. The van der Waals surface area contributed by atoms with Gasteiger partial charge in [-0.2, -0.15) is 0 Å². The summed E-state index contributed by atoms with van der Waals surface area (Å²) >= 11 is 0. The van der Waals surface area contributed by atoms with Crippen LogP contribution in [0.1, 0.15) is 52.9 Å². The van der Waals surface area contributed by atoms with Gasteiger partial charge in [0.05, 0.1) is 0 Å². The highest BCUT2D eigenvalue weighted by Gasteiger charge is 1.93. The van der Waals surface area contributed by atoms with Gasteiger partial charge in [0.1, 0.15) is 0 Å². The van der Waals surface area contributed by atoms with E-state index in [9.17, 15) is 0 Å². The summed E-state index contributed by atoms with van der Waals surface area (Å²) in [5, 5.41) is 0. The van der Waals surface area contributed by atoms with Crippen LogP contribution >= 0.6 is 0 Å². The molecule has 0 radical (unpaired) electrons. The third-order valence-corrected chi connectivity index (χ3v) is 1.89. The quantitative estimate of drug-likeness (QED) is 0.580. The van der Waals surface area contributed by atoms with Gasteiger partial charge in [-0.25, -0.2) is 0 Å². The molecule has 0 heterocycles. The van der Waals surface area contributed by atoms with E-state index < -0.39 is 0 Å². The summed E-state index contributed by atoms with van der Waals surface area (Å²) in [5.74, 6) is 0. The summed E-state index contributed by atoms with van der Waals surface area (Å²) in [6.45, 7) is 6.58. The predicted octanol–water partition coefficient (Wildman–Crippen LogP) is 4.48. The monoisotopic (exact) mass is 166 g/mol. The Bertz CT molecular complexity index is 138. The third-order valence-electron chi connectivity index (χ3n) is 1.89. The van der Waals surface area contributed by atoms with Crippen molar-refractivity contribution >= 4 is 0 Å². The number of allylic oxidation sites excluding steroid dienone is 4. The van der Waals surface area contributed by atoms with Crippen LogP contribution in [0.25, 0.3) is 0 Å². The highest BCUT2D eigenvalue weighted by molar-refractivity contribution is 5.25. The molecule has 0 atom stereocenters. The molecule has 0 fully saturated rings. The standard InChI is InChI=1S/C8H12.C4H10/c1-2-5-8-6-3-4-7-8;1-3-4-2/h3,6-7H,2,4-5H2,1H3;3-4H2,1-2H3. The van der Waals surface area contributed by atoms with Gasteiger partial charge < -0.3 is 0 Å². The molecule has 0 spiro atoms. The molecule has 0 amide bonds. The highest BCUT2D eigenvalue weighted by atomic mass is 14.0. The lowest BCUT2D eigenvalue weighted by Crippen LogP contribution is -1.70. The first-order valence-corrected chi connectivity index (χ1v) is 5.20. The fraction of sp³-hybridized carbons (Fsp3) is 0.667. The Morgan fingerprint density at radius 1 is 1.08 bits per heavy atom. The van der Waals surface area contributed by atoms with Gasteiger partial charge in [0.15, 0.2) is 0 Å². The Labute approximate surface area is 77.4 Å². The van der Waals surface area contributed by atoms with Crippen molar-refractivity contribution in [2.24, 2.45) is 0 Å². The number of hydrogen-bond acceptors (Lipinski definition) is 0. The molecule has 0 N–H and O–H groups in total. The summed E-state index contributed by atoms with van der Waals surface area (Å²) in [6, 6.07) is 0. The average molecular weight is 166 g/mol. The second-order valence-corrected chi connectivity index (χ2v) is 3.17. The van der Waals surface area contributed by atoms with Crippen LogP contribution in [0.2, 0.25) is 0 Å². The molecule has 0 aliphatic heterocycles. The Kier molecular flexibility index (Phi) is 8.20. The van der Waals surface area contributed by atoms with Gasteiger partial charge in [0.25, 0.3) is 0 Å². The van der Waals surface area contributed by atoms with Crippen molar-refractivity contribution in [3.8, 4) is 0 Å².